The number of ether oxygens (including phenoxy) is 1. The molecule has 2 rings (SSSR count). The Kier molecular flexibility index (Phi) is 4.16. The molecule has 0 unspecified atom stereocenters. The number of carbonyl (C=O) groups excluding carboxylic acids is 1. The summed E-state index contributed by atoms with van der Waals surface area (Å²) in [7, 11) is 3.89. The van der Waals surface area contributed by atoms with Crippen LogP contribution in [0.4, 0.5) is 5.69 Å². The average molecular weight is 289 g/mol. The Morgan fingerprint density at radius 3 is 2.43 bits per heavy atom. The van der Waals surface area contributed by atoms with Crippen molar-refractivity contribution in [3.63, 3.8) is 0 Å². The van der Waals surface area contributed by atoms with E-state index in [1.54, 1.807) is 13.8 Å². The van der Waals surface area contributed by atoms with Gasteiger partial charge < -0.3 is 9.64 Å². The summed E-state index contributed by atoms with van der Waals surface area (Å²) in [6.45, 7) is 3.70. The Bertz CT molecular complexity index is 696. The minimum Gasteiger partial charge on any atom is -0.461 e. The predicted octanol–water partition coefficient (Wildman–Crippen LogP) is 1.72. The third kappa shape index (κ3) is 2.84. The van der Waals surface area contributed by atoms with Crippen molar-refractivity contribution in [2.45, 2.75) is 13.8 Å². The smallest absolute Gasteiger partial charge is 0.356 e. The first-order chi connectivity index (χ1) is 9.95. The zero-order chi connectivity index (χ0) is 15.6. The quantitative estimate of drug-likeness (QED) is 0.870. The number of hydrogen-bond acceptors (Lipinski definition) is 4. The van der Waals surface area contributed by atoms with E-state index in [0.29, 0.717) is 11.4 Å². The average Bonchev–Trinajstić information content (AvgIpc) is 2.74. The lowest BCUT2D eigenvalue weighted by Gasteiger charge is -2.13. The van der Waals surface area contributed by atoms with E-state index in [1.165, 1.54) is 4.57 Å². The number of benzene rings is 1. The van der Waals surface area contributed by atoms with Crippen molar-refractivity contribution >= 4 is 11.7 Å². The van der Waals surface area contributed by atoms with E-state index in [2.05, 4.69) is 4.98 Å². The van der Waals surface area contributed by atoms with Gasteiger partial charge in [0, 0.05) is 19.8 Å². The molecular weight excluding hydrogens is 270 g/mol. The third-order valence-corrected chi connectivity index (χ3v) is 3.24. The second kappa shape index (κ2) is 5.87. The molecule has 21 heavy (non-hydrogen) atoms. The van der Waals surface area contributed by atoms with Gasteiger partial charge in [0.25, 0.3) is 0 Å². The number of aromatic nitrogens is 2. The number of rotatable bonds is 4. The highest BCUT2D eigenvalue weighted by Gasteiger charge is 2.18. The first-order valence-electron chi connectivity index (χ1n) is 6.72. The summed E-state index contributed by atoms with van der Waals surface area (Å²) >= 11 is 0. The topological polar surface area (TPSA) is 67.3 Å². The van der Waals surface area contributed by atoms with E-state index >= 15 is 0 Å². The summed E-state index contributed by atoms with van der Waals surface area (Å²) in [5, 5.41) is 0. The fourth-order valence-electron chi connectivity index (χ4n) is 2.13. The minimum absolute atomic E-state index is 0.193. The van der Waals surface area contributed by atoms with Crippen LogP contribution in [0.5, 0.6) is 0 Å². The normalized spacial score (nSPS) is 10.5. The van der Waals surface area contributed by atoms with Gasteiger partial charge in [0.05, 0.1) is 18.0 Å². The number of nitrogens with one attached hydrogen (secondary N) is 1. The molecular formula is C15H19N3O3. The van der Waals surface area contributed by atoms with Crippen LogP contribution in [0.1, 0.15) is 23.1 Å². The number of carbonyl (C=O) groups is 1. The summed E-state index contributed by atoms with van der Waals surface area (Å²) < 4.78 is 6.40. The molecule has 1 aromatic carbocycles. The van der Waals surface area contributed by atoms with E-state index in [9.17, 15) is 9.59 Å². The highest BCUT2D eigenvalue weighted by Crippen LogP contribution is 2.17. The van der Waals surface area contributed by atoms with Crippen molar-refractivity contribution < 1.29 is 9.53 Å². The van der Waals surface area contributed by atoms with Gasteiger partial charge >= 0.3 is 11.7 Å². The number of aromatic amines is 1. The highest BCUT2D eigenvalue weighted by molar-refractivity contribution is 5.88. The first kappa shape index (κ1) is 14.9. The van der Waals surface area contributed by atoms with Crippen molar-refractivity contribution in [3.05, 3.63) is 46.1 Å². The molecule has 0 fully saturated rings. The molecule has 6 nitrogen and oxygen atoms in total. The SMILES string of the molecule is CCOC(=O)c1[nH]c(=O)n(-c2ccc(N(C)C)cc2)c1C. The van der Waals surface area contributed by atoms with Crippen LogP contribution in [-0.4, -0.2) is 36.2 Å². The van der Waals surface area contributed by atoms with Gasteiger partial charge in [-0.2, -0.15) is 0 Å². The lowest BCUT2D eigenvalue weighted by molar-refractivity contribution is 0.0519. The van der Waals surface area contributed by atoms with Gasteiger partial charge in [-0.05, 0) is 38.1 Å². The standard InChI is InChI=1S/C15H19N3O3/c1-5-21-14(19)13-10(2)18(15(20)16-13)12-8-6-11(7-9-12)17(3)4/h6-9H,5H2,1-4H3,(H,16,20). The lowest BCUT2D eigenvalue weighted by atomic mass is 10.2. The van der Waals surface area contributed by atoms with Crippen LogP contribution < -0.4 is 10.6 Å². The number of imidazole rings is 1. The fraction of sp³-hybridized carbons (Fsp3) is 0.333. The molecule has 2 aromatic rings. The van der Waals surface area contributed by atoms with E-state index in [1.807, 2.05) is 43.3 Å². The number of esters is 1. The molecule has 1 aromatic heterocycles. The fourth-order valence-corrected chi connectivity index (χ4v) is 2.13. The molecule has 0 saturated carbocycles. The molecule has 0 aliphatic carbocycles. The maximum Gasteiger partial charge on any atom is 0.356 e. The van der Waals surface area contributed by atoms with Gasteiger partial charge in [-0.3, -0.25) is 9.55 Å². The van der Waals surface area contributed by atoms with Crippen LogP contribution in [0.3, 0.4) is 0 Å². The Balaban J connectivity index is 2.45. The Morgan fingerprint density at radius 2 is 1.90 bits per heavy atom. The van der Waals surface area contributed by atoms with Gasteiger partial charge in [-0.15, -0.1) is 0 Å². The summed E-state index contributed by atoms with van der Waals surface area (Å²) in [5.74, 6) is -0.518. The molecule has 6 heteroatoms. The van der Waals surface area contributed by atoms with Crippen molar-refractivity contribution in [1.82, 2.24) is 9.55 Å². The summed E-state index contributed by atoms with van der Waals surface area (Å²) in [6, 6.07) is 7.51. The van der Waals surface area contributed by atoms with E-state index in [-0.39, 0.29) is 18.0 Å². The van der Waals surface area contributed by atoms with E-state index in [0.717, 1.165) is 5.69 Å². The zero-order valence-electron chi connectivity index (χ0n) is 12.6. The van der Waals surface area contributed by atoms with Crippen LogP contribution in [0.15, 0.2) is 29.1 Å². The van der Waals surface area contributed by atoms with Gasteiger partial charge in [-0.1, -0.05) is 0 Å². The molecule has 0 aliphatic heterocycles. The largest absolute Gasteiger partial charge is 0.461 e. The minimum atomic E-state index is -0.518. The number of nitrogens with zero attached hydrogens (tertiary/aromatic N) is 2. The Hall–Kier alpha value is -2.50. The number of anilines is 1. The molecule has 1 N–H and O–H groups in total. The molecule has 0 amide bonds. The lowest BCUT2D eigenvalue weighted by Crippen LogP contribution is -2.16. The maximum atomic E-state index is 12.1. The van der Waals surface area contributed by atoms with Gasteiger partial charge in [0.15, 0.2) is 0 Å². The molecule has 0 bridgehead atoms. The van der Waals surface area contributed by atoms with Crippen molar-refractivity contribution in [2.24, 2.45) is 0 Å². The van der Waals surface area contributed by atoms with Crippen LogP contribution in [0.2, 0.25) is 0 Å². The van der Waals surface area contributed by atoms with Gasteiger partial charge in [0.1, 0.15) is 5.69 Å². The van der Waals surface area contributed by atoms with Crippen LogP contribution in [-0.2, 0) is 4.74 Å². The summed E-state index contributed by atoms with van der Waals surface area (Å²) in [6.07, 6.45) is 0. The van der Waals surface area contributed by atoms with Gasteiger partial charge in [0.2, 0.25) is 0 Å². The Morgan fingerprint density at radius 1 is 1.29 bits per heavy atom. The first-order valence-corrected chi connectivity index (χ1v) is 6.72. The van der Waals surface area contributed by atoms with Crippen LogP contribution >= 0.6 is 0 Å². The predicted molar refractivity (Wildman–Crippen MR) is 81.4 cm³/mol. The molecule has 0 spiro atoms. The number of H-pyrrole nitrogens is 1. The van der Waals surface area contributed by atoms with E-state index < -0.39 is 5.97 Å². The summed E-state index contributed by atoms with van der Waals surface area (Å²) in [5.41, 5.74) is 2.11. The molecule has 0 radical (unpaired) electrons. The van der Waals surface area contributed by atoms with Crippen molar-refractivity contribution in [1.29, 1.82) is 0 Å². The monoisotopic (exact) mass is 289 g/mol. The van der Waals surface area contributed by atoms with E-state index in [4.69, 9.17) is 4.74 Å². The van der Waals surface area contributed by atoms with Crippen molar-refractivity contribution in [2.75, 3.05) is 25.6 Å². The third-order valence-electron chi connectivity index (χ3n) is 3.24. The molecule has 0 saturated heterocycles. The Labute approximate surface area is 123 Å². The van der Waals surface area contributed by atoms with Crippen LogP contribution in [0, 0.1) is 6.92 Å². The van der Waals surface area contributed by atoms with Crippen LogP contribution in [0.25, 0.3) is 5.69 Å². The number of hydrogen-bond donors (Lipinski definition) is 1. The van der Waals surface area contributed by atoms with Crippen molar-refractivity contribution in [3.8, 4) is 5.69 Å². The molecule has 112 valence electrons. The zero-order valence-corrected chi connectivity index (χ0v) is 12.6. The maximum absolute atomic E-state index is 12.1. The second-order valence-electron chi connectivity index (χ2n) is 4.86. The molecule has 0 aliphatic rings. The highest BCUT2D eigenvalue weighted by atomic mass is 16.5. The summed E-state index contributed by atoms with van der Waals surface area (Å²) in [4.78, 5) is 28.4. The van der Waals surface area contributed by atoms with Gasteiger partial charge in [-0.25, -0.2) is 9.59 Å². The second-order valence-corrected chi connectivity index (χ2v) is 4.86. The molecule has 1 heterocycles. The molecule has 0 atom stereocenters.